The van der Waals surface area contributed by atoms with Crippen LogP contribution in [0.4, 0.5) is 0 Å². The van der Waals surface area contributed by atoms with E-state index in [4.69, 9.17) is 0 Å². The first kappa shape index (κ1) is 11.5. The number of hydrogen-bond acceptors (Lipinski definition) is 5. The largest absolute Gasteiger partial charge is 0.301 e. The molecule has 0 fully saturated rings. The number of rotatable bonds is 4. The fourth-order valence-corrected chi connectivity index (χ4v) is 3.27. The summed E-state index contributed by atoms with van der Waals surface area (Å²) in [4.78, 5) is 20.1. The lowest BCUT2D eigenvalue weighted by Gasteiger charge is -1.99. The molecule has 3 rings (SSSR count). The minimum atomic E-state index is -0.146. The molecule has 0 unspecified atom stereocenters. The van der Waals surface area contributed by atoms with Gasteiger partial charge in [-0.3, -0.25) is 9.89 Å². The van der Waals surface area contributed by atoms with Crippen molar-refractivity contribution in [3.05, 3.63) is 38.9 Å². The second-order valence-electron chi connectivity index (χ2n) is 3.68. The first-order valence-electron chi connectivity index (χ1n) is 5.41. The van der Waals surface area contributed by atoms with E-state index in [0.29, 0.717) is 16.2 Å². The summed E-state index contributed by atoms with van der Waals surface area (Å²) in [7, 11) is 0. The van der Waals surface area contributed by atoms with E-state index in [1.54, 1.807) is 23.1 Å². The molecule has 3 aromatic rings. The van der Waals surface area contributed by atoms with Gasteiger partial charge in [0.25, 0.3) is 5.56 Å². The first-order chi connectivity index (χ1) is 8.83. The molecular weight excluding hydrogens is 268 g/mol. The number of fused-ring (bicyclic) bond motifs is 1. The van der Waals surface area contributed by atoms with Crippen LogP contribution < -0.4 is 5.56 Å². The molecule has 3 aromatic heterocycles. The Labute approximate surface area is 111 Å². The Bertz CT molecular complexity index is 701. The Kier molecular flexibility index (Phi) is 3.16. The molecule has 5 nitrogen and oxygen atoms in total. The van der Waals surface area contributed by atoms with Crippen molar-refractivity contribution in [3.63, 3.8) is 0 Å². The molecule has 0 aromatic carbocycles. The second-order valence-corrected chi connectivity index (χ2v) is 5.80. The molecule has 0 atom stereocenters. The third-order valence-electron chi connectivity index (χ3n) is 2.47. The minimum absolute atomic E-state index is 0.146. The predicted molar refractivity (Wildman–Crippen MR) is 73.3 cm³/mol. The van der Waals surface area contributed by atoms with Gasteiger partial charge in [0.05, 0.1) is 6.20 Å². The Hall–Kier alpha value is -1.60. The van der Waals surface area contributed by atoms with Crippen molar-refractivity contribution in [1.29, 1.82) is 0 Å². The van der Waals surface area contributed by atoms with Crippen LogP contribution in [-0.2, 0) is 6.42 Å². The maximum atomic E-state index is 11.7. The molecule has 18 heavy (non-hydrogen) atoms. The van der Waals surface area contributed by atoms with E-state index in [9.17, 15) is 4.79 Å². The smallest absolute Gasteiger partial charge is 0.262 e. The molecule has 0 aliphatic rings. The summed E-state index contributed by atoms with van der Waals surface area (Å²) >= 11 is 3.29. The maximum Gasteiger partial charge on any atom is 0.262 e. The van der Waals surface area contributed by atoms with E-state index in [1.165, 1.54) is 11.1 Å². The van der Waals surface area contributed by atoms with Gasteiger partial charge in [-0.2, -0.15) is 5.10 Å². The highest BCUT2D eigenvalue weighted by Crippen LogP contribution is 2.17. The number of hydrogen-bond donors (Lipinski definition) is 2. The number of aryl methyl sites for hydroxylation is 1. The molecule has 0 aliphatic carbocycles. The lowest BCUT2D eigenvalue weighted by atomic mass is 10.4. The zero-order valence-electron chi connectivity index (χ0n) is 9.34. The van der Waals surface area contributed by atoms with Gasteiger partial charge in [0.1, 0.15) is 5.39 Å². The van der Waals surface area contributed by atoms with Crippen LogP contribution in [0.5, 0.6) is 0 Å². The predicted octanol–water partition coefficient (Wildman–Crippen LogP) is 2.04. The highest BCUT2D eigenvalue weighted by atomic mass is 32.2. The quantitative estimate of drug-likeness (QED) is 0.566. The van der Waals surface area contributed by atoms with Crippen LogP contribution >= 0.6 is 23.1 Å². The zero-order chi connectivity index (χ0) is 12.4. The molecule has 7 heteroatoms. The van der Waals surface area contributed by atoms with Crippen LogP contribution in [0.25, 0.3) is 11.0 Å². The highest BCUT2D eigenvalue weighted by Gasteiger charge is 2.05. The average Bonchev–Trinajstić information content (AvgIpc) is 2.99. The van der Waals surface area contributed by atoms with Crippen molar-refractivity contribution in [2.45, 2.75) is 11.6 Å². The van der Waals surface area contributed by atoms with E-state index >= 15 is 0 Å². The van der Waals surface area contributed by atoms with Crippen molar-refractivity contribution in [2.24, 2.45) is 0 Å². The number of thiophene rings is 1. The lowest BCUT2D eigenvalue weighted by molar-refractivity contribution is 0.956. The van der Waals surface area contributed by atoms with Crippen LogP contribution in [0.3, 0.4) is 0 Å². The van der Waals surface area contributed by atoms with Gasteiger partial charge in [-0.1, -0.05) is 17.8 Å². The van der Waals surface area contributed by atoms with E-state index in [1.807, 2.05) is 6.07 Å². The van der Waals surface area contributed by atoms with Gasteiger partial charge in [-0.15, -0.1) is 11.3 Å². The molecule has 0 saturated carbocycles. The number of nitrogens with zero attached hydrogens (tertiary/aromatic N) is 2. The number of aromatic nitrogens is 4. The van der Waals surface area contributed by atoms with Crippen molar-refractivity contribution in [3.8, 4) is 0 Å². The number of aromatic amines is 2. The molecule has 0 radical (unpaired) electrons. The SMILES string of the molecule is O=c1[nH]c(SCCc2cccs2)nc2[nH]ncc12. The van der Waals surface area contributed by atoms with Crippen LogP contribution in [-0.4, -0.2) is 25.9 Å². The fourth-order valence-electron chi connectivity index (χ4n) is 1.60. The summed E-state index contributed by atoms with van der Waals surface area (Å²) in [6, 6.07) is 4.15. The normalized spacial score (nSPS) is 11.1. The average molecular weight is 278 g/mol. The van der Waals surface area contributed by atoms with Crippen molar-refractivity contribution in [1.82, 2.24) is 20.2 Å². The van der Waals surface area contributed by atoms with Crippen molar-refractivity contribution in [2.75, 3.05) is 5.75 Å². The minimum Gasteiger partial charge on any atom is -0.301 e. The molecule has 0 amide bonds. The molecular formula is C11H10N4OS2. The Balaban J connectivity index is 1.72. The molecule has 92 valence electrons. The molecule has 0 bridgehead atoms. The monoisotopic (exact) mass is 278 g/mol. The maximum absolute atomic E-state index is 11.7. The van der Waals surface area contributed by atoms with Crippen LogP contribution in [0.15, 0.2) is 33.7 Å². The Morgan fingerprint density at radius 3 is 3.22 bits per heavy atom. The number of H-pyrrole nitrogens is 2. The zero-order valence-corrected chi connectivity index (χ0v) is 11.0. The van der Waals surface area contributed by atoms with E-state index in [-0.39, 0.29) is 5.56 Å². The van der Waals surface area contributed by atoms with E-state index < -0.39 is 0 Å². The van der Waals surface area contributed by atoms with Gasteiger partial charge in [0.15, 0.2) is 10.8 Å². The van der Waals surface area contributed by atoms with Crippen molar-refractivity contribution < 1.29 is 0 Å². The summed E-state index contributed by atoms with van der Waals surface area (Å²) in [5.74, 6) is 0.892. The molecule has 3 heterocycles. The highest BCUT2D eigenvalue weighted by molar-refractivity contribution is 7.99. The molecule has 0 spiro atoms. The van der Waals surface area contributed by atoms with Gasteiger partial charge in [0.2, 0.25) is 0 Å². The summed E-state index contributed by atoms with van der Waals surface area (Å²) < 4.78 is 0. The Morgan fingerprint density at radius 2 is 2.39 bits per heavy atom. The van der Waals surface area contributed by atoms with Crippen molar-refractivity contribution >= 4 is 34.1 Å². The van der Waals surface area contributed by atoms with E-state index in [2.05, 4.69) is 31.6 Å². The third kappa shape index (κ3) is 2.32. The second kappa shape index (κ2) is 4.95. The lowest BCUT2D eigenvalue weighted by Crippen LogP contribution is -2.08. The third-order valence-corrected chi connectivity index (χ3v) is 4.28. The number of nitrogens with one attached hydrogen (secondary N) is 2. The van der Waals surface area contributed by atoms with Gasteiger partial charge in [-0.05, 0) is 17.9 Å². The summed E-state index contributed by atoms with van der Waals surface area (Å²) in [5, 5.41) is 9.72. The summed E-state index contributed by atoms with van der Waals surface area (Å²) in [6.45, 7) is 0. The fraction of sp³-hybridized carbons (Fsp3) is 0.182. The van der Waals surface area contributed by atoms with Crippen LogP contribution in [0, 0.1) is 0 Å². The standard InChI is InChI=1S/C11H10N4OS2/c16-10-8-6-12-15-9(8)13-11(14-10)18-5-3-7-2-1-4-17-7/h1-2,4,6H,3,5H2,(H2,12,13,14,15,16). The first-order valence-corrected chi connectivity index (χ1v) is 7.28. The topological polar surface area (TPSA) is 74.4 Å². The van der Waals surface area contributed by atoms with Gasteiger partial charge in [0, 0.05) is 10.6 Å². The van der Waals surface area contributed by atoms with Gasteiger partial charge in [-0.25, -0.2) is 4.98 Å². The molecule has 0 saturated heterocycles. The van der Waals surface area contributed by atoms with Crippen LogP contribution in [0.2, 0.25) is 0 Å². The van der Waals surface area contributed by atoms with E-state index in [0.717, 1.165) is 12.2 Å². The number of thioether (sulfide) groups is 1. The Morgan fingerprint density at radius 1 is 1.44 bits per heavy atom. The van der Waals surface area contributed by atoms with Crippen LogP contribution in [0.1, 0.15) is 4.88 Å². The van der Waals surface area contributed by atoms with Gasteiger partial charge >= 0.3 is 0 Å². The van der Waals surface area contributed by atoms with Gasteiger partial charge < -0.3 is 4.98 Å². The molecule has 0 aliphatic heterocycles. The summed E-state index contributed by atoms with van der Waals surface area (Å²) in [5.41, 5.74) is 0.393. The molecule has 2 N–H and O–H groups in total. The summed E-state index contributed by atoms with van der Waals surface area (Å²) in [6.07, 6.45) is 2.47.